The van der Waals surface area contributed by atoms with Crippen LogP contribution in [-0.2, 0) is 4.74 Å². The molecule has 0 amide bonds. The number of ether oxygens (including phenoxy) is 1. The lowest BCUT2D eigenvalue weighted by Crippen LogP contribution is -2.36. The summed E-state index contributed by atoms with van der Waals surface area (Å²) in [6, 6.07) is 0. The van der Waals surface area contributed by atoms with E-state index in [-0.39, 0.29) is 12.2 Å². The molecule has 0 aromatic rings. The fourth-order valence-electron chi connectivity index (χ4n) is 2.22. The third-order valence-corrected chi connectivity index (χ3v) is 5.63. The van der Waals surface area contributed by atoms with E-state index < -0.39 is 14.2 Å². The molecule has 0 unspecified atom stereocenters. The standard InChI is InChI=1S/C18H29BrO2Si/c1-5-15(19)17-12-9-8-11-16(20)18(21-17)13-7-6-10-14-22(2,3)4/h6-9,15-18,20H,5,11-13H2,1-4H3/b7-6-,9-8-/t15-,16-,17+,18-/m0/s1. The maximum Gasteiger partial charge on any atom is 0.129 e. The van der Waals surface area contributed by atoms with Crippen LogP contribution >= 0.6 is 15.9 Å². The van der Waals surface area contributed by atoms with Gasteiger partial charge in [-0.3, -0.25) is 0 Å². The van der Waals surface area contributed by atoms with Gasteiger partial charge in [0.2, 0.25) is 0 Å². The first-order chi connectivity index (χ1) is 10.3. The topological polar surface area (TPSA) is 29.5 Å². The summed E-state index contributed by atoms with van der Waals surface area (Å²) in [5, 5.41) is 10.3. The van der Waals surface area contributed by atoms with Crippen LogP contribution in [-0.4, -0.2) is 36.3 Å². The van der Waals surface area contributed by atoms with E-state index in [2.05, 4.69) is 66.1 Å². The molecule has 0 bridgehead atoms. The van der Waals surface area contributed by atoms with Crippen LogP contribution in [0.3, 0.4) is 0 Å². The lowest BCUT2D eigenvalue weighted by Gasteiger charge is -2.30. The van der Waals surface area contributed by atoms with Crippen molar-refractivity contribution in [3.63, 3.8) is 0 Å². The molecule has 0 aromatic carbocycles. The Labute approximate surface area is 145 Å². The van der Waals surface area contributed by atoms with E-state index >= 15 is 0 Å². The minimum atomic E-state index is -1.31. The van der Waals surface area contributed by atoms with Crippen LogP contribution in [0.2, 0.25) is 19.6 Å². The number of aliphatic hydroxyl groups is 1. The van der Waals surface area contributed by atoms with Crippen molar-refractivity contribution in [1.82, 2.24) is 0 Å². The fraction of sp³-hybridized carbons (Fsp3) is 0.667. The Morgan fingerprint density at radius 2 is 2.05 bits per heavy atom. The molecule has 124 valence electrons. The molecule has 4 heteroatoms. The third-order valence-electron chi connectivity index (χ3n) is 3.50. The third kappa shape index (κ3) is 7.78. The highest BCUT2D eigenvalue weighted by atomic mass is 79.9. The van der Waals surface area contributed by atoms with E-state index in [1.165, 1.54) is 0 Å². The molecule has 0 saturated carbocycles. The Morgan fingerprint density at radius 1 is 1.36 bits per heavy atom. The summed E-state index contributed by atoms with van der Waals surface area (Å²) in [6.07, 6.45) is 10.9. The monoisotopic (exact) mass is 384 g/mol. The lowest BCUT2D eigenvalue weighted by molar-refractivity contribution is -0.0749. The molecule has 0 spiro atoms. The number of rotatable bonds is 4. The summed E-state index contributed by atoms with van der Waals surface area (Å²) in [6.45, 7) is 8.83. The molecule has 0 saturated heterocycles. The second kappa shape index (κ2) is 9.72. The molecule has 2 nitrogen and oxygen atoms in total. The average molecular weight is 385 g/mol. The average Bonchev–Trinajstić information content (AvgIpc) is 2.43. The van der Waals surface area contributed by atoms with E-state index in [1.807, 2.05) is 12.2 Å². The highest BCUT2D eigenvalue weighted by Gasteiger charge is 2.26. The zero-order valence-corrected chi connectivity index (χ0v) is 16.8. The summed E-state index contributed by atoms with van der Waals surface area (Å²) < 4.78 is 6.16. The molecule has 1 aliphatic heterocycles. The number of aliphatic hydroxyl groups excluding tert-OH is 1. The Bertz CT molecular complexity index is 442. The van der Waals surface area contributed by atoms with Gasteiger partial charge < -0.3 is 9.84 Å². The van der Waals surface area contributed by atoms with Crippen molar-refractivity contribution < 1.29 is 9.84 Å². The van der Waals surface area contributed by atoms with Gasteiger partial charge >= 0.3 is 0 Å². The highest BCUT2D eigenvalue weighted by Crippen LogP contribution is 2.24. The van der Waals surface area contributed by atoms with Crippen LogP contribution in [0.15, 0.2) is 24.3 Å². The summed E-state index contributed by atoms with van der Waals surface area (Å²) in [5.74, 6) is 3.12. The van der Waals surface area contributed by atoms with Crippen LogP contribution in [0.25, 0.3) is 0 Å². The van der Waals surface area contributed by atoms with E-state index in [0.29, 0.717) is 17.7 Å². The maximum absolute atomic E-state index is 10.3. The second-order valence-corrected chi connectivity index (χ2v) is 12.7. The zero-order valence-electron chi connectivity index (χ0n) is 14.2. The predicted octanol–water partition coefficient (Wildman–Crippen LogP) is 4.45. The van der Waals surface area contributed by atoms with Gasteiger partial charge in [-0.25, -0.2) is 0 Å². The molecule has 0 aromatic heterocycles. The smallest absolute Gasteiger partial charge is 0.129 e. The molecule has 22 heavy (non-hydrogen) atoms. The first kappa shape index (κ1) is 19.7. The molecule has 1 N–H and O–H groups in total. The summed E-state index contributed by atoms with van der Waals surface area (Å²) in [4.78, 5) is 0.320. The normalized spacial score (nSPS) is 29.3. The Morgan fingerprint density at radius 3 is 2.68 bits per heavy atom. The van der Waals surface area contributed by atoms with Crippen LogP contribution in [0, 0.1) is 11.5 Å². The second-order valence-electron chi connectivity index (χ2n) is 6.80. The molecular formula is C18H29BrO2Si. The van der Waals surface area contributed by atoms with Crippen LogP contribution in [0.1, 0.15) is 32.6 Å². The van der Waals surface area contributed by atoms with Crippen LogP contribution in [0.5, 0.6) is 0 Å². The summed E-state index contributed by atoms with van der Waals surface area (Å²) >= 11 is 3.68. The summed E-state index contributed by atoms with van der Waals surface area (Å²) in [7, 11) is -1.31. The molecule has 0 fully saturated rings. The van der Waals surface area contributed by atoms with Crippen LogP contribution in [0.4, 0.5) is 0 Å². The van der Waals surface area contributed by atoms with Crippen molar-refractivity contribution in [1.29, 1.82) is 0 Å². The molecule has 4 atom stereocenters. The number of hydrogen-bond donors (Lipinski definition) is 1. The Hall–Kier alpha value is -0.343. The minimum Gasteiger partial charge on any atom is -0.390 e. The Kier molecular flexibility index (Phi) is 8.70. The van der Waals surface area contributed by atoms with E-state index in [4.69, 9.17) is 4.74 Å². The molecule has 1 rings (SSSR count). The van der Waals surface area contributed by atoms with Gasteiger partial charge in [0.25, 0.3) is 0 Å². The molecule has 0 aliphatic carbocycles. The van der Waals surface area contributed by atoms with Gasteiger partial charge in [-0.1, -0.05) is 66.6 Å². The SMILES string of the molecule is CC[C@H](Br)[C@H]1C/C=C\C[C@H](O)[C@H](C/C=C\C#C[Si](C)(C)C)O1. The molecular weight excluding hydrogens is 356 g/mol. The van der Waals surface area contributed by atoms with Crippen LogP contribution < -0.4 is 0 Å². The maximum atomic E-state index is 10.3. The van der Waals surface area contributed by atoms with Gasteiger partial charge in [-0.15, -0.1) is 5.54 Å². The zero-order chi connectivity index (χ0) is 16.6. The number of allylic oxidation sites excluding steroid dienone is 1. The lowest BCUT2D eigenvalue weighted by atomic mass is 10.0. The van der Waals surface area contributed by atoms with Gasteiger partial charge in [-0.05, 0) is 31.8 Å². The first-order valence-corrected chi connectivity index (χ1v) is 12.6. The number of hydrogen-bond acceptors (Lipinski definition) is 2. The number of halogens is 1. The van der Waals surface area contributed by atoms with E-state index in [1.54, 1.807) is 0 Å². The van der Waals surface area contributed by atoms with Crippen molar-refractivity contribution in [2.45, 2.75) is 75.4 Å². The highest BCUT2D eigenvalue weighted by molar-refractivity contribution is 9.09. The summed E-state index contributed by atoms with van der Waals surface area (Å²) in [5.41, 5.74) is 3.31. The van der Waals surface area contributed by atoms with Gasteiger partial charge in [-0.2, -0.15) is 0 Å². The largest absolute Gasteiger partial charge is 0.390 e. The van der Waals surface area contributed by atoms with Crippen molar-refractivity contribution in [3.8, 4) is 11.5 Å². The molecule has 1 aliphatic rings. The number of alkyl halides is 1. The van der Waals surface area contributed by atoms with Gasteiger partial charge in [0.15, 0.2) is 0 Å². The predicted molar refractivity (Wildman–Crippen MR) is 101 cm³/mol. The quantitative estimate of drug-likeness (QED) is 0.335. The van der Waals surface area contributed by atoms with E-state index in [0.717, 1.165) is 12.8 Å². The van der Waals surface area contributed by atoms with Gasteiger partial charge in [0.05, 0.1) is 18.3 Å². The fourth-order valence-corrected chi connectivity index (χ4v) is 3.07. The minimum absolute atomic E-state index is 0.114. The van der Waals surface area contributed by atoms with Gasteiger partial charge in [0.1, 0.15) is 8.07 Å². The Balaban J connectivity index is 2.65. The van der Waals surface area contributed by atoms with Crippen molar-refractivity contribution >= 4 is 24.0 Å². The van der Waals surface area contributed by atoms with Crippen molar-refractivity contribution in [2.75, 3.05) is 0 Å². The molecule has 0 radical (unpaired) electrons. The molecule has 1 heterocycles. The van der Waals surface area contributed by atoms with Crippen molar-refractivity contribution in [3.05, 3.63) is 24.3 Å². The van der Waals surface area contributed by atoms with Gasteiger partial charge in [0, 0.05) is 4.83 Å². The van der Waals surface area contributed by atoms with E-state index in [9.17, 15) is 5.11 Å². The first-order valence-electron chi connectivity index (χ1n) is 8.13. The van der Waals surface area contributed by atoms with Crippen molar-refractivity contribution in [2.24, 2.45) is 0 Å².